The molecule has 1 saturated heterocycles. The van der Waals surface area contributed by atoms with Gasteiger partial charge < -0.3 is 15.7 Å². The van der Waals surface area contributed by atoms with Gasteiger partial charge in [0.05, 0.1) is 5.60 Å². The van der Waals surface area contributed by atoms with Gasteiger partial charge in [0.25, 0.3) is 0 Å². The standard InChI is InChI=1S/C16H29N3O2/c1-13(2)11-19-9-5-14(6-10-19)18-15(20)17-12-16(21)7-3-4-8-16/h14,21H,1,3-12H2,2H3,(H2,17,18,20). The van der Waals surface area contributed by atoms with Crippen LogP contribution in [0.15, 0.2) is 12.2 Å². The van der Waals surface area contributed by atoms with Crippen molar-refractivity contribution < 1.29 is 9.90 Å². The van der Waals surface area contributed by atoms with E-state index in [0.29, 0.717) is 6.54 Å². The molecule has 5 heteroatoms. The first-order valence-corrected chi connectivity index (χ1v) is 8.10. The summed E-state index contributed by atoms with van der Waals surface area (Å²) in [6.45, 7) is 9.31. The lowest BCUT2D eigenvalue weighted by molar-refractivity contribution is 0.0499. The van der Waals surface area contributed by atoms with Gasteiger partial charge in [0.1, 0.15) is 0 Å². The van der Waals surface area contributed by atoms with Crippen molar-refractivity contribution in [1.29, 1.82) is 0 Å². The van der Waals surface area contributed by atoms with Gasteiger partial charge in [0, 0.05) is 32.2 Å². The number of hydrogen-bond donors (Lipinski definition) is 3. The summed E-state index contributed by atoms with van der Waals surface area (Å²) in [7, 11) is 0. The van der Waals surface area contributed by atoms with Gasteiger partial charge in [-0.1, -0.05) is 25.0 Å². The summed E-state index contributed by atoms with van der Waals surface area (Å²) in [6.07, 6.45) is 5.66. The van der Waals surface area contributed by atoms with Crippen molar-refractivity contribution >= 4 is 6.03 Å². The van der Waals surface area contributed by atoms with Crippen molar-refractivity contribution in [2.24, 2.45) is 0 Å². The van der Waals surface area contributed by atoms with E-state index in [4.69, 9.17) is 0 Å². The molecule has 5 nitrogen and oxygen atoms in total. The summed E-state index contributed by atoms with van der Waals surface area (Å²) in [5, 5.41) is 16.1. The molecule has 3 N–H and O–H groups in total. The molecule has 1 aliphatic heterocycles. The first-order valence-electron chi connectivity index (χ1n) is 8.10. The number of carbonyl (C=O) groups excluding carboxylic acids is 1. The van der Waals surface area contributed by atoms with Crippen LogP contribution in [-0.2, 0) is 0 Å². The van der Waals surface area contributed by atoms with E-state index in [9.17, 15) is 9.90 Å². The maximum absolute atomic E-state index is 11.9. The third-order valence-electron chi connectivity index (χ3n) is 4.53. The van der Waals surface area contributed by atoms with Gasteiger partial charge in [-0.3, -0.25) is 4.90 Å². The minimum atomic E-state index is -0.678. The average molecular weight is 295 g/mol. The van der Waals surface area contributed by atoms with E-state index in [-0.39, 0.29) is 12.1 Å². The second-order valence-electron chi connectivity index (χ2n) is 6.77. The molecule has 0 aromatic carbocycles. The Balaban J connectivity index is 1.64. The highest BCUT2D eigenvalue weighted by Crippen LogP contribution is 2.28. The molecular weight excluding hydrogens is 266 g/mol. The molecule has 0 bridgehead atoms. The van der Waals surface area contributed by atoms with E-state index >= 15 is 0 Å². The lowest BCUT2D eigenvalue weighted by Gasteiger charge is -2.32. The van der Waals surface area contributed by atoms with Crippen molar-refractivity contribution in [2.45, 2.75) is 57.1 Å². The summed E-state index contributed by atoms with van der Waals surface area (Å²) >= 11 is 0. The maximum Gasteiger partial charge on any atom is 0.315 e. The number of urea groups is 1. The fourth-order valence-corrected chi connectivity index (χ4v) is 3.31. The van der Waals surface area contributed by atoms with Crippen LogP contribution in [0, 0.1) is 0 Å². The molecule has 2 amide bonds. The average Bonchev–Trinajstić information content (AvgIpc) is 2.86. The zero-order valence-electron chi connectivity index (χ0n) is 13.2. The van der Waals surface area contributed by atoms with Gasteiger partial charge >= 0.3 is 6.03 Å². The second kappa shape index (κ2) is 7.27. The molecule has 1 aliphatic carbocycles. The molecule has 21 heavy (non-hydrogen) atoms. The van der Waals surface area contributed by atoms with E-state index in [1.54, 1.807) is 0 Å². The Morgan fingerprint density at radius 1 is 1.33 bits per heavy atom. The number of nitrogens with one attached hydrogen (secondary N) is 2. The van der Waals surface area contributed by atoms with E-state index in [2.05, 4.69) is 22.1 Å². The summed E-state index contributed by atoms with van der Waals surface area (Å²) in [4.78, 5) is 14.3. The third kappa shape index (κ3) is 5.32. The molecular formula is C16H29N3O2. The van der Waals surface area contributed by atoms with Gasteiger partial charge in [-0.05, 0) is 32.6 Å². The summed E-state index contributed by atoms with van der Waals surface area (Å²) in [6, 6.07) is 0.0956. The zero-order valence-corrected chi connectivity index (χ0v) is 13.2. The minimum absolute atomic E-state index is 0.145. The number of piperidine rings is 1. The SMILES string of the molecule is C=C(C)CN1CCC(NC(=O)NCC2(O)CCCC2)CC1. The van der Waals surface area contributed by atoms with Crippen molar-refractivity contribution in [3.63, 3.8) is 0 Å². The van der Waals surface area contributed by atoms with Gasteiger partial charge in [-0.15, -0.1) is 0 Å². The van der Waals surface area contributed by atoms with Crippen LogP contribution in [-0.4, -0.2) is 53.9 Å². The Bertz CT molecular complexity index is 370. The highest BCUT2D eigenvalue weighted by atomic mass is 16.3. The molecule has 0 aromatic heterocycles. The van der Waals surface area contributed by atoms with Crippen LogP contribution >= 0.6 is 0 Å². The van der Waals surface area contributed by atoms with E-state index in [1.165, 1.54) is 5.57 Å². The molecule has 0 atom stereocenters. The minimum Gasteiger partial charge on any atom is -0.388 e. The Labute approximate surface area is 127 Å². The van der Waals surface area contributed by atoms with Crippen molar-refractivity contribution in [3.05, 3.63) is 12.2 Å². The fourth-order valence-electron chi connectivity index (χ4n) is 3.31. The van der Waals surface area contributed by atoms with Gasteiger partial charge in [-0.25, -0.2) is 4.79 Å². The van der Waals surface area contributed by atoms with Gasteiger partial charge in [-0.2, -0.15) is 0 Å². The monoisotopic (exact) mass is 295 g/mol. The normalized spacial score (nSPS) is 23.0. The molecule has 2 aliphatic rings. The lowest BCUT2D eigenvalue weighted by Crippen LogP contribution is -2.50. The number of rotatable bonds is 5. The highest BCUT2D eigenvalue weighted by Gasteiger charge is 2.31. The Hall–Kier alpha value is -1.07. The van der Waals surface area contributed by atoms with E-state index < -0.39 is 5.60 Å². The molecule has 0 unspecified atom stereocenters. The van der Waals surface area contributed by atoms with Crippen LogP contribution in [0.3, 0.4) is 0 Å². The third-order valence-corrected chi connectivity index (χ3v) is 4.53. The number of aliphatic hydroxyl groups is 1. The Morgan fingerprint density at radius 2 is 1.95 bits per heavy atom. The molecule has 2 rings (SSSR count). The van der Waals surface area contributed by atoms with Crippen LogP contribution < -0.4 is 10.6 Å². The Kier molecular flexibility index (Phi) is 5.65. The van der Waals surface area contributed by atoms with Crippen molar-refractivity contribution in [1.82, 2.24) is 15.5 Å². The van der Waals surface area contributed by atoms with Gasteiger partial charge in [0.15, 0.2) is 0 Å². The summed E-state index contributed by atoms with van der Waals surface area (Å²) in [5.74, 6) is 0. The second-order valence-corrected chi connectivity index (χ2v) is 6.77. The van der Waals surface area contributed by atoms with E-state index in [1.807, 2.05) is 6.92 Å². The van der Waals surface area contributed by atoms with Crippen molar-refractivity contribution in [2.75, 3.05) is 26.2 Å². The molecule has 0 radical (unpaired) electrons. The lowest BCUT2D eigenvalue weighted by atomic mass is 10.0. The molecule has 0 spiro atoms. The first kappa shape index (κ1) is 16.3. The molecule has 0 aromatic rings. The van der Waals surface area contributed by atoms with Crippen molar-refractivity contribution in [3.8, 4) is 0 Å². The molecule has 2 fully saturated rings. The molecule has 1 saturated carbocycles. The largest absolute Gasteiger partial charge is 0.388 e. The first-order chi connectivity index (χ1) is 9.97. The maximum atomic E-state index is 11.9. The quantitative estimate of drug-likeness (QED) is 0.676. The number of hydrogen-bond acceptors (Lipinski definition) is 3. The van der Waals surface area contributed by atoms with Crippen LogP contribution in [0.5, 0.6) is 0 Å². The number of amides is 2. The number of likely N-dealkylation sites (tertiary alicyclic amines) is 1. The summed E-state index contributed by atoms with van der Waals surface area (Å²) < 4.78 is 0. The number of nitrogens with zero attached hydrogens (tertiary/aromatic N) is 1. The topological polar surface area (TPSA) is 64.6 Å². The predicted octanol–water partition coefficient (Wildman–Crippen LogP) is 1.63. The van der Waals surface area contributed by atoms with Crippen LogP contribution in [0.2, 0.25) is 0 Å². The summed E-state index contributed by atoms with van der Waals surface area (Å²) in [5.41, 5.74) is 0.506. The van der Waals surface area contributed by atoms with E-state index in [0.717, 1.165) is 58.2 Å². The fraction of sp³-hybridized carbons (Fsp3) is 0.812. The van der Waals surface area contributed by atoms with Crippen LogP contribution in [0.1, 0.15) is 45.4 Å². The highest BCUT2D eigenvalue weighted by molar-refractivity contribution is 5.74. The van der Waals surface area contributed by atoms with Crippen LogP contribution in [0.25, 0.3) is 0 Å². The number of carbonyl (C=O) groups is 1. The Morgan fingerprint density at radius 3 is 2.52 bits per heavy atom. The predicted molar refractivity (Wildman–Crippen MR) is 84.2 cm³/mol. The van der Waals surface area contributed by atoms with Crippen LogP contribution in [0.4, 0.5) is 4.79 Å². The van der Waals surface area contributed by atoms with Gasteiger partial charge in [0.2, 0.25) is 0 Å². The molecule has 1 heterocycles. The zero-order chi connectivity index (χ0) is 15.3. The smallest absolute Gasteiger partial charge is 0.315 e. The molecule has 120 valence electrons.